The molecule has 2 aromatic rings. The van der Waals surface area contributed by atoms with E-state index in [1.807, 2.05) is 0 Å². The van der Waals surface area contributed by atoms with Gasteiger partial charge in [-0.15, -0.1) is 12.4 Å². The first kappa shape index (κ1) is 22.6. The summed E-state index contributed by atoms with van der Waals surface area (Å²) in [6, 6.07) is 4.32. The molecule has 1 saturated heterocycles. The third kappa shape index (κ3) is 4.66. The summed E-state index contributed by atoms with van der Waals surface area (Å²) in [6.45, 7) is 4.39. The minimum Gasteiger partial charge on any atom is -0.384 e. The molecule has 3 rings (SSSR count). The van der Waals surface area contributed by atoms with E-state index in [1.54, 1.807) is 20.1 Å². The number of piperidine rings is 1. The number of halogens is 3. The van der Waals surface area contributed by atoms with Crippen LogP contribution in [-0.2, 0) is 4.74 Å². The highest BCUT2D eigenvalue weighted by molar-refractivity contribution is 6.33. The van der Waals surface area contributed by atoms with Crippen molar-refractivity contribution in [1.82, 2.24) is 15.8 Å². The molecule has 2 N–H and O–H groups in total. The zero-order valence-corrected chi connectivity index (χ0v) is 17.4. The molecular weight excluding hydrogens is 408 g/mol. The van der Waals surface area contributed by atoms with Crippen LogP contribution in [-0.4, -0.2) is 44.4 Å². The number of rotatable bonds is 6. The number of ether oxygens (including phenoxy) is 1. The van der Waals surface area contributed by atoms with Crippen LogP contribution in [0.5, 0.6) is 0 Å². The van der Waals surface area contributed by atoms with Gasteiger partial charge >= 0.3 is 0 Å². The third-order valence-corrected chi connectivity index (χ3v) is 5.34. The molecule has 0 atom stereocenters. The Morgan fingerprint density at radius 1 is 1.43 bits per heavy atom. The van der Waals surface area contributed by atoms with Crippen molar-refractivity contribution in [1.29, 1.82) is 0 Å². The molecular formula is C19H24Cl2FN3O3. The standard InChI is InChI=1S/C19H23ClFN3O3.ClH/c1-12-15(17(24-27-12)16-13(20)4-3-5-14(16)21)18(25)23-10-19(11-26-2)6-8-22-9-7-19;/h3-5,22H,6-11H2,1-2H3,(H,23,25);1H. The Kier molecular flexibility index (Phi) is 7.83. The van der Waals surface area contributed by atoms with Crippen LogP contribution in [0.25, 0.3) is 11.3 Å². The Morgan fingerprint density at radius 2 is 2.14 bits per heavy atom. The van der Waals surface area contributed by atoms with Crippen LogP contribution in [0, 0.1) is 18.2 Å². The molecule has 6 nitrogen and oxygen atoms in total. The van der Waals surface area contributed by atoms with Gasteiger partial charge < -0.3 is 19.9 Å². The average molecular weight is 432 g/mol. The van der Waals surface area contributed by atoms with Crippen molar-refractivity contribution in [2.24, 2.45) is 5.41 Å². The van der Waals surface area contributed by atoms with E-state index in [0.717, 1.165) is 25.9 Å². The highest BCUT2D eigenvalue weighted by Gasteiger charge is 2.33. The summed E-state index contributed by atoms with van der Waals surface area (Å²) in [6.07, 6.45) is 1.80. The molecule has 1 aliphatic rings. The number of hydrogen-bond donors (Lipinski definition) is 2. The first-order chi connectivity index (χ1) is 13.0. The Balaban J connectivity index is 0.00000280. The average Bonchev–Trinajstić information content (AvgIpc) is 3.02. The summed E-state index contributed by atoms with van der Waals surface area (Å²) >= 11 is 6.14. The van der Waals surface area contributed by atoms with Crippen molar-refractivity contribution in [3.05, 3.63) is 40.4 Å². The number of aryl methyl sites for hydroxylation is 1. The Morgan fingerprint density at radius 3 is 2.79 bits per heavy atom. The van der Waals surface area contributed by atoms with Crippen molar-refractivity contribution < 1.29 is 18.4 Å². The molecule has 0 radical (unpaired) electrons. The second-order valence-corrected chi connectivity index (χ2v) is 7.33. The van der Waals surface area contributed by atoms with Gasteiger partial charge in [0.1, 0.15) is 22.8 Å². The molecule has 154 valence electrons. The van der Waals surface area contributed by atoms with Gasteiger partial charge in [-0.2, -0.15) is 0 Å². The van der Waals surface area contributed by atoms with Gasteiger partial charge in [0.15, 0.2) is 0 Å². The number of methoxy groups -OCH3 is 1. The molecule has 1 fully saturated rings. The van der Waals surface area contributed by atoms with E-state index in [2.05, 4.69) is 15.8 Å². The van der Waals surface area contributed by atoms with Crippen LogP contribution in [0.3, 0.4) is 0 Å². The number of carbonyl (C=O) groups excluding carboxylic acids is 1. The van der Waals surface area contributed by atoms with E-state index in [4.69, 9.17) is 20.9 Å². The predicted molar refractivity (Wildman–Crippen MR) is 108 cm³/mol. The van der Waals surface area contributed by atoms with Crippen LogP contribution in [0.4, 0.5) is 4.39 Å². The second kappa shape index (κ2) is 9.69. The fourth-order valence-electron chi connectivity index (χ4n) is 3.53. The molecule has 0 unspecified atom stereocenters. The second-order valence-electron chi connectivity index (χ2n) is 6.92. The van der Waals surface area contributed by atoms with Crippen molar-refractivity contribution in [2.75, 3.05) is 33.4 Å². The molecule has 0 spiro atoms. The lowest BCUT2D eigenvalue weighted by atomic mass is 9.79. The van der Waals surface area contributed by atoms with E-state index in [9.17, 15) is 9.18 Å². The molecule has 1 aromatic carbocycles. The fraction of sp³-hybridized carbons (Fsp3) is 0.474. The van der Waals surface area contributed by atoms with E-state index < -0.39 is 5.82 Å². The van der Waals surface area contributed by atoms with Gasteiger partial charge in [0.25, 0.3) is 5.91 Å². The highest BCUT2D eigenvalue weighted by Crippen LogP contribution is 2.34. The Bertz CT molecular complexity index is 797. The van der Waals surface area contributed by atoms with Crippen molar-refractivity contribution in [3.8, 4) is 11.3 Å². The molecule has 1 aromatic heterocycles. The summed E-state index contributed by atoms with van der Waals surface area (Å²) in [7, 11) is 1.66. The van der Waals surface area contributed by atoms with Gasteiger partial charge in [-0.05, 0) is 45.0 Å². The van der Waals surface area contributed by atoms with Crippen LogP contribution < -0.4 is 10.6 Å². The van der Waals surface area contributed by atoms with Crippen molar-refractivity contribution in [3.63, 3.8) is 0 Å². The number of nitrogens with zero attached hydrogens (tertiary/aromatic N) is 1. The molecule has 0 saturated carbocycles. The van der Waals surface area contributed by atoms with E-state index in [-0.39, 0.29) is 45.6 Å². The fourth-order valence-corrected chi connectivity index (χ4v) is 3.78. The van der Waals surface area contributed by atoms with Crippen molar-refractivity contribution in [2.45, 2.75) is 19.8 Å². The van der Waals surface area contributed by atoms with Gasteiger partial charge in [0.2, 0.25) is 0 Å². The minimum absolute atomic E-state index is 0. The quantitative estimate of drug-likeness (QED) is 0.730. The number of aromatic nitrogens is 1. The normalized spacial score (nSPS) is 15.7. The Hall–Kier alpha value is -1.67. The summed E-state index contributed by atoms with van der Waals surface area (Å²) in [5, 5.41) is 10.3. The molecule has 1 amide bonds. The maximum atomic E-state index is 14.3. The smallest absolute Gasteiger partial charge is 0.257 e. The van der Waals surface area contributed by atoms with E-state index in [0.29, 0.717) is 18.9 Å². The van der Waals surface area contributed by atoms with Gasteiger partial charge in [-0.1, -0.05) is 22.8 Å². The lowest BCUT2D eigenvalue weighted by Gasteiger charge is -2.37. The largest absolute Gasteiger partial charge is 0.384 e. The summed E-state index contributed by atoms with van der Waals surface area (Å²) < 4.78 is 24.9. The molecule has 9 heteroatoms. The predicted octanol–water partition coefficient (Wildman–Crippen LogP) is 3.61. The van der Waals surface area contributed by atoms with E-state index in [1.165, 1.54) is 12.1 Å². The third-order valence-electron chi connectivity index (χ3n) is 5.03. The monoisotopic (exact) mass is 431 g/mol. The van der Waals surface area contributed by atoms with Crippen molar-refractivity contribution >= 4 is 29.9 Å². The lowest BCUT2D eigenvalue weighted by molar-refractivity contribution is 0.0511. The SMILES string of the molecule is COCC1(CNC(=O)c2c(-c3c(F)cccc3Cl)noc2C)CCNCC1.Cl. The van der Waals surface area contributed by atoms with E-state index >= 15 is 0 Å². The molecule has 0 bridgehead atoms. The number of hydrogen-bond acceptors (Lipinski definition) is 5. The minimum atomic E-state index is -0.556. The van der Waals surface area contributed by atoms with Gasteiger partial charge in [-0.25, -0.2) is 4.39 Å². The van der Waals surface area contributed by atoms with Crippen LogP contribution >= 0.6 is 24.0 Å². The summed E-state index contributed by atoms with van der Waals surface area (Å²) in [5.74, 6) is -0.607. The maximum absolute atomic E-state index is 14.3. The molecule has 1 aliphatic heterocycles. The van der Waals surface area contributed by atoms with Gasteiger partial charge in [-0.3, -0.25) is 4.79 Å². The molecule has 0 aliphatic carbocycles. The number of amides is 1. The van der Waals surface area contributed by atoms with Crippen LogP contribution in [0.15, 0.2) is 22.7 Å². The number of carbonyl (C=O) groups is 1. The summed E-state index contributed by atoms with van der Waals surface area (Å²) in [5.41, 5.74) is 0.244. The van der Waals surface area contributed by atoms with Crippen LogP contribution in [0.2, 0.25) is 5.02 Å². The summed E-state index contributed by atoms with van der Waals surface area (Å²) in [4.78, 5) is 12.9. The van der Waals surface area contributed by atoms with Crippen LogP contribution in [0.1, 0.15) is 29.0 Å². The van der Waals surface area contributed by atoms with Gasteiger partial charge in [0, 0.05) is 19.1 Å². The number of benzene rings is 1. The highest BCUT2D eigenvalue weighted by atomic mass is 35.5. The molecule has 2 heterocycles. The topological polar surface area (TPSA) is 76.4 Å². The van der Waals surface area contributed by atoms with Gasteiger partial charge in [0.05, 0.1) is 17.2 Å². The molecule has 28 heavy (non-hydrogen) atoms. The lowest BCUT2D eigenvalue weighted by Crippen LogP contribution is -2.47. The maximum Gasteiger partial charge on any atom is 0.257 e. The Labute approximate surface area is 174 Å². The zero-order valence-electron chi connectivity index (χ0n) is 15.8. The zero-order chi connectivity index (χ0) is 19.4. The first-order valence-corrected chi connectivity index (χ1v) is 9.24. The first-order valence-electron chi connectivity index (χ1n) is 8.86. The number of nitrogens with one attached hydrogen (secondary N) is 2.